The van der Waals surface area contributed by atoms with Crippen molar-refractivity contribution in [2.24, 2.45) is 0 Å². The highest BCUT2D eigenvalue weighted by Crippen LogP contribution is 2.43. The Bertz CT molecular complexity index is 3190. The molecule has 0 atom stereocenters. The largest absolute Gasteiger partial charge is 0.456 e. The summed E-state index contributed by atoms with van der Waals surface area (Å²) in [5.74, 6) is 0.630. The second-order valence-electron chi connectivity index (χ2n) is 13.3. The minimum absolute atomic E-state index is 0.630. The highest BCUT2D eigenvalue weighted by molar-refractivity contribution is 6.19. The normalized spacial score (nSPS) is 11.8. The summed E-state index contributed by atoms with van der Waals surface area (Å²) in [4.78, 5) is 10.8. The van der Waals surface area contributed by atoms with Gasteiger partial charge in [-0.3, -0.25) is 0 Å². The first kappa shape index (κ1) is 28.8. The van der Waals surface area contributed by atoms with Gasteiger partial charge in [-0.15, -0.1) is 0 Å². The zero-order valence-corrected chi connectivity index (χ0v) is 27.9. The van der Waals surface area contributed by atoms with Gasteiger partial charge in [-0.05, 0) is 69.8 Å². The van der Waals surface area contributed by atoms with E-state index in [9.17, 15) is 0 Å². The molecule has 4 nitrogen and oxygen atoms in total. The van der Waals surface area contributed by atoms with E-state index in [1.54, 1.807) is 0 Å². The van der Waals surface area contributed by atoms with E-state index in [4.69, 9.17) is 18.8 Å². The highest BCUT2D eigenvalue weighted by atomic mass is 16.3. The molecule has 0 amide bonds. The second-order valence-corrected chi connectivity index (χ2v) is 13.3. The van der Waals surface area contributed by atoms with Crippen molar-refractivity contribution >= 4 is 65.4 Å². The van der Waals surface area contributed by atoms with E-state index in [1.807, 2.05) is 24.3 Å². The molecule has 0 N–H and O–H groups in total. The van der Waals surface area contributed by atoms with Crippen LogP contribution < -0.4 is 0 Å². The van der Waals surface area contributed by atoms with Crippen LogP contribution in [0.5, 0.6) is 0 Å². The molecule has 0 bridgehead atoms. The second kappa shape index (κ2) is 11.2. The molecule has 11 aromatic rings. The number of aromatic nitrogens is 2. The zero-order valence-electron chi connectivity index (χ0n) is 27.9. The van der Waals surface area contributed by atoms with Gasteiger partial charge in [0.05, 0.1) is 11.4 Å². The first-order chi connectivity index (χ1) is 25.7. The SMILES string of the molecule is c1ccc(-c2cc(-c3nc(-c4ccc5ccccc5c4)cc(-c4cccc5oc6c7ccccc7ccc6c45)n3)c3c(c2)oc2ccccc23)cc1. The standard InChI is InChI=1S/C48H28N2O2/c1-2-11-29(12-3-1)34-26-39(46-37-17-8-9-19-42(37)51-44(46)27-34)48-49-40(33-22-21-30-13-4-5-15-32(30)25-33)28-41(50-48)36-18-10-20-43-45(36)38-24-23-31-14-6-7-16-35(31)47(38)52-43/h1-28H. The van der Waals surface area contributed by atoms with Crippen molar-refractivity contribution in [1.82, 2.24) is 9.97 Å². The molecule has 3 heterocycles. The van der Waals surface area contributed by atoms with Gasteiger partial charge in [0.1, 0.15) is 22.3 Å². The van der Waals surface area contributed by atoms with Crippen molar-refractivity contribution in [3.63, 3.8) is 0 Å². The molecule has 242 valence electrons. The van der Waals surface area contributed by atoms with E-state index in [-0.39, 0.29) is 0 Å². The van der Waals surface area contributed by atoms with Crippen LogP contribution in [0, 0.1) is 0 Å². The molecule has 0 aliphatic rings. The number of rotatable bonds is 4. The van der Waals surface area contributed by atoms with Crippen molar-refractivity contribution < 1.29 is 8.83 Å². The molecule has 0 unspecified atom stereocenters. The number of hydrogen-bond acceptors (Lipinski definition) is 4. The monoisotopic (exact) mass is 664 g/mol. The summed E-state index contributed by atoms with van der Waals surface area (Å²) in [6.07, 6.45) is 0. The van der Waals surface area contributed by atoms with Gasteiger partial charge < -0.3 is 8.83 Å². The first-order valence-corrected chi connectivity index (χ1v) is 17.5. The van der Waals surface area contributed by atoms with Crippen LogP contribution in [0.3, 0.4) is 0 Å². The van der Waals surface area contributed by atoms with Crippen molar-refractivity contribution in [1.29, 1.82) is 0 Å². The van der Waals surface area contributed by atoms with Gasteiger partial charge in [0.2, 0.25) is 0 Å². The summed E-state index contributed by atoms with van der Waals surface area (Å²) in [7, 11) is 0. The molecule has 0 fully saturated rings. The number of para-hydroxylation sites is 1. The molecule has 52 heavy (non-hydrogen) atoms. The quantitative estimate of drug-likeness (QED) is 0.188. The Labute approximate surface area is 298 Å². The van der Waals surface area contributed by atoms with Crippen LogP contribution in [0.25, 0.3) is 110 Å². The number of nitrogens with zero attached hydrogens (tertiary/aromatic N) is 2. The van der Waals surface area contributed by atoms with Gasteiger partial charge in [-0.2, -0.15) is 0 Å². The van der Waals surface area contributed by atoms with Crippen LogP contribution in [0.4, 0.5) is 0 Å². The molecule has 0 radical (unpaired) electrons. The van der Waals surface area contributed by atoms with Crippen LogP contribution >= 0.6 is 0 Å². The summed E-state index contributed by atoms with van der Waals surface area (Å²) >= 11 is 0. The minimum Gasteiger partial charge on any atom is -0.456 e. The van der Waals surface area contributed by atoms with Crippen molar-refractivity contribution in [2.45, 2.75) is 0 Å². The number of benzene rings is 8. The maximum Gasteiger partial charge on any atom is 0.161 e. The molecule has 0 aliphatic carbocycles. The van der Waals surface area contributed by atoms with Gasteiger partial charge in [0.15, 0.2) is 5.82 Å². The average Bonchev–Trinajstić information content (AvgIpc) is 3.79. The number of fused-ring (bicyclic) bond motifs is 9. The zero-order chi connectivity index (χ0) is 34.2. The summed E-state index contributed by atoms with van der Waals surface area (Å²) in [5.41, 5.74) is 10.1. The lowest BCUT2D eigenvalue weighted by atomic mass is 9.97. The molecule has 0 aliphatic heterocycles. The fourth-order valence-electron chi connectivity index (χ4n) is 7.80. The maximum absolute atomic E-state index is 6.61. The van der Waals surface area contributed by atoms with E-state index in [1.165, 1.54) is 5.39 Å². The predicted octanol–water partition coefficient (Wildman–Crippen LogP) is 13.2. The summed E-state index contributed by atoms with van der Waals surface area (Å²) in [5, 5.41) is 8.71. The Kier molecular flexibility index (Phi) is 6.22. The molecule has 8 aromatic carbocycles. The van der Waals surface area contributed by atoms with Gasteiger partial charge in [-0.1, -0.05) is 127 Å². The Morgan fingerprint density at radius 3 is 1.96 bits per heavy atom. The molecule has 4 heteroatoms. The van der Waals surface area contributed by atoms with E-state index in [0.717, 1.165) is 99.2 Å². The summed E-state index contributed by atoms with van der Waals surface area (Å²) in [6, 6.07) is 59.0. The third kappa shape index (κ3) is 4.48. The van der Waals surface area contributed by atoms with Crippen molar-refractivity contribution in [2.75, 3.05) is 0 Å². The lowest BCUT2D eigenvalue weighted by molar-refractivity contribution is 0.669. The first-order valence-electron chi connectivity index (χ1n) is 17.5. The Morgan fingerprint density at radius 2 is 1.06 bits per heavy atom. The fraction of sp³-hybridized carbons (Fsp3) is 0. The van der Waals surface area contributed by atoms with Crippen LogP contribution in [0.15, 0.2) is 179 Å². The molecule has 0 saturated heterocycles. The fourth-order valence-corrected chi connectivity index (χ4v) is 7.80. The Balaban J connectivity index is 1.23. The summed E-state index contributed by atoms with van der Waals surface area (Å²) in [6.45, 7) is 0. The maximum atomic E-state index is 6.61. The van der Waals surface area contributed by atoms with Gasteiger partial charge in [-0.25, -0.2) is 9.97 Å². The topological polar surface area (TPSA) is 52.1 Å². The third-order valence-corrected chi connectivity index (χ3v) is 10.3. The van der Waals surface area contributed by atoms with Crippen molar-refractivity contribution in [3.8, 4) is 45.0 Å². The molecule has 0 saturated carbocycles. The van der Waals surface area contributed by atoms with Crippen LogP contribution in [-0.4, -0.2) is 9.97 Å². The van der Waals surface area contributed by atoms with E-state index < -0.39 is 0 Å². The highest BCUT2D eigenvalue weighted by Gasteiger charge is 2.21. The minimum atomic E-state index is 0.630. The van der Waals surface area contributed by atoms with E-state index >= 15 is 0 Å². The predicted molar refractivity (Wildman–Crippen MR) is 213 cm³/mol. The third-order valence-electron chi connectivity index (χ3n) is 10.3. The van der Waals surface area contributed by atoms with Gasteiger partial charge >= 0.3 is 0 Å². The van der Waals surface area contributed by atoms with Crippen LogP contribution in [-0.2, 0) is 0 Å². The summed E-state index contributed by atoms with van der Waals surface area (Å²) < 4.78 is 13.1. The molecule has 3 aromatic heterocycles. The number of furan rings is 2. The lowest BCUT2D eigenvalue weighted by Gasteiger charge is -2.13. The van der Waals surface area contributed by atoms with Crippen LogP contribution in [0.2, 0.25) is 0 Å². The Morgan fingerprint density at radius 1 is 0.346 bits per heavy atom. The lowest BCUT2D eigenvalue weighted by Crippen LogP contribution is -1.97. The van der Waals surface area contributed by atoms with Gasteiger partial charge in [0.25, 0.3) is 0 Å². The molecule has 11 rings (SSSR count). The van der Waals surface area contributed by atoms with E-state index in [2.05, 4.69) is 146 Å². The molecular formula is C48H28N2O2. The Hall–Kier alpha value is -7.04. The molecule has 0 spiro atoms. The molecular weight excluding hydrogens is 637 g/mol. The van der Waals surface area contributed by atoms with E-state index in [0.29, 0.717) is 5.82 Å². The number of hydrogen-bond donors (Lipinski definition) is 0. The average molecular weight is 665 g/mol. The smallest absolute Gasteiger partial charge is 0.161 e. The van der Waals surface area contributed by atoms with Gasteiger partial charge in [0, 0.05) is 43.6 Å². The van der Waals surface area contributed by atoms with Crippen LogP contribution in [0.1, 0.15) is 0 Å². The van der Waals surface area contributed by atoms with Crippen molar-refractivity contribution in [3.05, 3.63) is 170 Å².